The van der Waals surface area contributed by atoms with Gasteiger partial charge in [0.1, 0.15) is 5.75 Å². The molecule has 3 N–H and O–H groups in total. The first-order chi connectivity index (χ1) is 13.5. The number of halogens is 2. The van der Waals surface area contributed by atoms with Crippen LogP contribution in [0.2, 0.25) is 0 Å². The number of hydrogen-bond donors (Lipinski definition) is 2. The Kier molecular flexibility index (Phi) is 7.07. The van der Waals surface area contributed by atoms with Crippen LogP contribution in [-0.2, 0) is 4.79 Å². The number of benzene rings is 1. The number of hydrogen-bond acceptors (Lipinski definition) is 6. The van der Waals surface area contributed by atoms with Crippen molar-refractivity contribution in [3.05, 3.63) is 24.3 Å². The van der Waals surface area contributed by atoms with Crippen LogP contribution in [0, 0.1) is 0 Å². The van der Waals surface area contributed by atoms with E-state index in [2.05, 4.69) is 20.3 Å². The summed E-state index contributed by atoms with van der Waals surface area (Å²) in [5.74, 6) is 6.61. The van der Waals surface area contributed by atoms with Gasteiger partial charge in [-0.05, 0) is 37.1 Å². The van der Waals surface area contributed by atoms with E-state index in [1.165, 1.54) is 41.4 Å². The second-order valence-corrected chi connectivity index (χ2v) is 7.57. The van der Waals surface area contributed by atoms with Gasteiger partial charge < -0.3 is 15.9 Å². The van der Waals surface area contributed by atoms with Crippen molar-refractivity contribution in [3.8, 4) is 17.1 Å². The summed E-state index contributed by atoms with van der Waals surface area (Å²) >= 11 is 1.20. The Labute approximate surface area is 166 Å². The molecule has 28 heavy (non-hydrogen) atoms. The average Bonchev–Trinajstić information content (AvgIpc) is 2.86. The fourth-order valence-electron chi connectivity index (χ4n) is 3.18. The summed E-state index contributed by atoms with van der Waals surface area (Å²) in [5.41, 5.74) is 0.603. The summed E-state index contributed by atoms with van der Waals surface area (Å²) in [4.78, 5) is 12.2. The Morgan fingerprint density at radius 1 is 1.21 bits per heavy atom. The molecule has 0 aliphatic heterocycles. The van der Waals surface area contributed by atoms with Crippen LogP contribution in [0.5, 0.6) is 5.75 Å². The van der Waals surface area contributed by atoms with Gasteiger partial charge in [-0.15, -0.1) is 10.2 Å². The molecule has 1 saturated carbocycles. The number of nitrogen functional groups attached to an aromatic ring is 1. The molecule has 0 bridgehead atoms. The highest BCUT2D eigenvalue weighted by Gasteiger charge is 2.17. The van der Waals surface area contributed by atoms with Crippen LogP contribution in [-0.4, -0.2) is 39.2 Å². The zero-order chi connectivity index (χ0) is 19.9. The maximum Gasteiger partial charge on any atom is 0.387 e. The van der Waals surface area contributed by atoms with E-state index in [0.717, 1.165) is 25.7 Å². The molecule has 0 spiro atoms. The lowest BCUT2D eigenvalue weighted by Gasteiger charge is -2.15. The number of nitrogens with zero attached hydrogens (tertiary/aromatic N) is 3. The summed E-state index contributed by atoms with van der Waals surface area (Å²) in [6, 6.07) is 6.19. The molecule has 0 unspecified atom stereocenters. The first kappa shape index (κ1) is 20.4. The lowest BCUT2D eigenvalue weighted by Crippen LogP contribution is -2.35. The van der Waals surface area contributed by atoms with E-state index in [1.54, 1.807) is 12.1 Å². The molecular formula is C18H23F2N5O2S. The summed E-state index contributed by atoms with van der Waals surface area (Å²) in [6.07, 6.45) is 6.82. The Balaban J connectivity index is 1.56. The number of thioether (sulfide) groups is 1. The van der Waals surface area contributed by atoms with Crippen LogP contribution in [0.3, 0.4) is 0 Å². The van der Waals surface area contributed by atoms with E-state index in [9.17, 15) is 13.6 Å². The minimum Gasteiger partial charge on any atom is -0.435 e. The van der Waals surface area contributed by atoms with Gasteiger partial charge in [-0.1, -0.05) is 37.4 Å². The molecule has 1 aliphatic rings. The molecule has 0 radical (unpaired) electrons. The second kappa shape index (κ2) is 9.72. The van der Waals surface area contributed by atoms with Gasteiger partial charge in [0, 0.05) is 11.6 Å². The van der Waals surface area contributed by atoms with E-state index < -0.39 is 6.61 Å². The predicted molar refractivity (Wildman–Crippen MR) is 103 cm³/mol. The molecule has 1 heterocycles. The largest absolute Gasteiger partial charge is 0.435 e. The van der Waals surface area contributed by atoms with Crippen LogP contribution in [0.15, 0.2) is 29.4 Å². The maximum absolute atomic E-state index is 12.2. The summed E-state index contributed by atoms with van der Waals surface area (Å²) in [6.45, 7) is -2.88. The quantitative estimate of drug-likeness (QED) is 0.413. The first-order valence-corrected chi connectivity index (χ1v) is 10.2. The maximum atomic E-state index is 12.2. The predicted octanol–water partition coefficient (Wildman–Crippen LogP) is 3.19. The molecule has 10 heteroatoms. The standard InChI is InChI=1S/C18H23F2N5O2S/c19-17(20)27-14-9-7-12(8-10-14)16-23-24-18(25(16)21)28-11-15(26)22-13-5-3-1-2-4-6-13/h7-10,13,17H,1-6,11,21H2,(H,22,26). The molecule has 1 aliphatic carbocycles. The van der Waals surface area contributed by atoms with Gasteiger partial charge in [-0.25, -0.2) is 4.68 Å². The SMILES string of the molecule is Nn1c(SCC(=O)NC2CCCCCC2)nnc1-c1ccc(OC(F)F)cc1. The highest BCUT2D eigenvalue weighted by atomic mass is 32.2. The fraction of sp³-hybridized carbons (Fsp3) is 0.500. The van der Waals surface area contributed by atoms with Gasteiger partial charge in [0.2, 0.25) is 11.1 Å². The van der Waals surface area contributed by atoms with Gasteiger partial charge >= 0.3 is 6.61 Å². The van der Waals surface area contributed by atoms with Gasteiger partial charge in [0.15, 0.2) is 5.82 Å². The van der Waals surface area contributed by atoms with Crippen LogP contribution >= 0.6 is 11.8 Å². The number of rotatable bonds is 7. The van der Waals surface area contributed by atoms with Crippen LogP contribution in [0.4, 0.5) is 8.78 Å². The second-order valence-electron chi connectivity index (χ2n) is 6.62. The number of nitrogens with one attached hydrogen (secondary N) is 1. The Bertz CT molecular complexity index is 777. The van der Waals surface area contributed by atoms with Gasteiger partial charge in [-0.2, -0.15) is 8.78 Å². The third-order valence-corrected chi connectivity index (χ3v) is 5.50. The van der Waals surface area contributed by atoms with Crippen molar-refractivity contribution in [2.45, 2.75) is 56.3 Å². The number of alkyl halides is 2. The van der Waals surface area contributed by atoms with Crippen molar-refractivity contribution in [3.63, 3.8) is 0 Å². The number of nitrogens with two attached hydrogens (primary N) is 1. The van der Waals surface area contributed by atoms with Crippen molar-refractivity contribution in [1.82, 2.24) is 20.2 Å². The van der Waals surface area contributed by atoms with Gasteiger partial charge in [0.25, 0.3) is 0 Å². The molecule has 1 aromatic heterocycles. The van der Waals surface area contributed by atoms with Crippen LogP contribution in [0.1, 0.15) is 38.5 Å². The Hall–Kier alpha value is -2.36. The molecule has 1 aromatic carbocycles. The molecule has 0 saturated heterocycles. The number of amides is 1. The van der Waals surface area contributed by atoms with Crippen molar-refractivity contribution < 1.29 is 18.3 Å². The number of carbonyl (C=O) groups excluding carboxylic acids is 1. The number of carbonyl (C=O) groups is 1. The van der Waals surface area contributed by atoms with Crippen LogP contribution in [0.25, 0.3) is 11.4 Å². The highest BCUT2D eigenvalue weighted by molar-refractivity contribution is 7.99. The van der Waals surface area contributed by atoms with Crippen molar-refractivity contribution in [2.24, 2.45) is 0 Å². The lowest BCUT2D eigenvalue weighted by atomic mass is 10.1. The van der Waals surface area contributed by atoms with Crippen molar-refractivity contribution >= 4 is 17.7 Å². The molecule has 7 nitrogen and oxygen atoms in total. The fourth-order valence-corrected chi connectivity index (χ4v) is 3.85. The molecule has 1 amide bonds. The minimum absolute atomic E-state index is 0.0463. The third kappa shape index (κ3) is 5.57. The lowest BCUT2D eigenvalue weighted by molar-refractivity contribution is -0.119. The molecule has 152 valence electrons. The van der Waals surface area contributed by atoms with E-state index >= 15 is 0 Å². The smallest absolute Gasteiger partial charge is 0.387 e. The van der Waals surface area contributed by atoms with Crippen LogP contribution < -0.4 is 15.9 Å². The summed E-state index contributed by atoms with van der Waals surface area (Å²) in [7, 11) is 0. The zero-order valence-corrected chi connectivity index (χ0v) is 16.1. The monoisotopic (exact) mass is 411 g/mol. The van der Waals surface area contributed by atoms with E-state index in [1.807, 2.05) is 0 Å². The van der Waals surface area contributed by atoms with E-state index in [-0.39, 0.29) is 23.5 Å². The first-order valence-electron chi connectivity index (χ1n) is 9.21. The summed E-state index contributed by atoms with van der Waals surface area (Å²) < 4.78 is 30.1. The van der Waals surface area contributed by atoms with Crippen molar-refractivity contribution in [2.75, 3.05) is 11.6 Å². The molecule has 2 aromatic rings. The summed E-state index contributed by atoms with van der Waals surface area (Å²) in [5, 5.41) is 11.5. The molecular weight excluding hydrogens is 388 g/mol. The van der Waals surface area contributed by atoms with Crippen molar-refractivity contribution in [1.29, 1.82) is 0 Å². The van der Waals surface area contributed by atoms with Gasteiger partial charge in [-0.3, -0.25) is 4.79 Å². The highest BCUT2D eigenvalue weighted by Crippen LogP contribution is 2.24. The Morgan fingerprint density at radius 3 is 2.54 bits per heavy atom. The normalized spacial score (nSPS) is 15.4. The molecule has 3 rings (SSSR count). The average molecular weight is 411 g/mol. The van der Waals surface area contributed by atoms with Gasteiger partial charge in [0.05, 0.1) is 5.75 Å². The third-order valence-electron chi connectivity index (χ3n) is 4.55. The number of aromatic nitrogens is 3. The van der Waals surface area contributed by atoms with E-state index in [0.29, 0.717) is 16.5 Å². The number of ether oxygens (including phenoxy) is 1. The topological polar surface area (TPSA) is 95.1 Å². The van der Waals surface area contributed by atoms with E-state index in [4.69, 9.17) is 5.84 Å². The molecule has 0 atom stereocenters. The minimum atomic E-state index is -2.88. The Morgan fingerprint density at radius 2 is 1.89 bits per heavy atom. The molecule has 1 fully saturated rings. The zero-order valence-electron chi connectivity index (χ0n) is 15.3.